The number of likely N-dealkylation sites (tertiary alicyclic amines) is 2. The molecular formula is C20H28N2O3. The number of nitrogens with zero attached hydrogens (tertiary/aromatic N) is 2. The van der Waals surface area contributed by atoms with Gasteiger partial charge in [0.15, 0.2) is 0 Å². The molecule has 0 saturated carbocycles. The van der Waals surface area contributed by atoms with Gasteiger partial charge in [0.25, 0.3) is 5.91 Å². The van der Waals surface area contributed by atoms with E-state index in [2.05, 4.69) is 0 Å². The van der Waals surface area contributed by atoms with Crippen molar-refractivity contribution < 1.29 is 14.3 Å². The summed E-state index contributed by atoms with van der Waals surface area (Å²) in [6, 6.07) is 7.19. The van der Waals surface area contributed by atoms with E-state index in [1.165, 1.54) is 12.8 Å². The Morgan fingerprint density at radius 1 is 0.920 bits per heavy atom. The minimum absolute atomic E-state index is 0.0102. The summed E-state index contributed by atoms with van der Waals surface area (Å²) < 4.78 is 5.15. The summed E-state index contributed by atoms with van der Waals surface area (Å²) in [6.45, 7) is 3.03. The van der Waals surface area contributed by atoms with Crippen molar-refractivity contribution in [3.05, 3.63) is 29.8 Å². The summed E-state index contributed by atoms with van der Waals surface area (Å²) in [5.74, 6) is 0.948. The number of carbonyl (C=O) groups excluding carboxylic acids is 2. The van der Waals surface area contributed by atoms with Crippen LogP contribution in [-0.2, 0) is 4.79 Å². The molecule has 25 heavy (non-hydrogen) atoms. The van der Waals surface area contributed by atoms with Gasteiger partial charge < -0.3 is 14.5 Å². The molecule has 0 aromatic heterocycles. The molecule has 1 aromatic carbocycles. The Balaban J connectivity index is 1.63. The monoisotopic (exact) mass is 344 g/mol. The van der Waals surface area contributed by atoms with E-state index < -0.39 is 0 Å². The van der Waals surface area contributed by atoms with Crippen LogP contribution in [0.3, 0.4) is 0 Å². The lowest BCUT2D eigenvalue weighted by molar-refractivity contribution is -0.136. The molecule has 2 aliphatic rings. The van der Waals surface area contributed by atoms with Crippen LogP contribution in [0.1, 0.15) is 48.9 Å². The van der Waals surface area contributed by atoms with Crippen LogP contribution in [0, 0.1) is 5.92 Å². The first kappa shape index (κ1) is 17.8. The van der Waals surface area contributed by atoms with Crippen LogP contribution in [0.4, 0.5) is 0 Å². The van der Waals surface area contributed by atoms with Crippen LogP contribution in [-0.4, -0.2) is 54.9 Å². The second-order valence-corrected chi connectivity index (χ2v) is 7.06. The van der Waals surface area contributed by atoms with Gasteiger partial charge >= 0.3 is 0 Å². The number of hydrogen-bond acceptors (Lipinski definition) is 3. The molecule has 3 rings (SSSR count). The molecule has 0 bridgehead atoms. The third kappa shape index (κ3) is 4.33. The van der Waals surface area contributed by atoms with E-state index in [-0.39, 0.29) is 17.7 Å². The number of piperidine rings is 1. The second kappa shape index (κ2) is 8.37. The zero-order valence-corrected chi connectivity index (χ0v) is 15.1. The first-order valence-electron chi connectivity index (χ1n) is 9.41. The Hall–Kier alpha value is -2.04. The first-order valence-corrected chi connectivity index (χ1v) is 9.41. The van der Waals surface area contributed by atoms with Gasteiger partial charge in [0.05, 0.1) is 13.0 Å². The highest BCUT2D eigenvalue weighted by Gasteiger charge is 2.31. The summed E-state index contributed by atoms with van der Waals surface area (Å²) in [5.41, 5.74) is 0.656. The van der Waals surface area contributed by atoms with Gasteiger partial charge in [-0.25, -0.2) is 0 Å². The molecule has 0 radical (unpaired) electrons. The Morgan fingerprint density at radius 2 is 1.56 bits per heavy atom. The van der Waals surface area contributed by atoms with Gasteiger partial charge in [-0.15, -0.1) is 0 Å². The third-order valence-electron chi connectivity index (χ3n) is 5.31. The fourth-order valence-corrected chi connectivity index (χ4v) is 3.83. The van der Waals surface area contributed by atoms with E-state index in [9.17, 15) is 9.59 Å². The van der Waals surface area contributed by atoms with Gasteiger partial charge in [0.1, 0.15) is 5.75 Å². The zero-order chi connectivity index (χ0) is 17.6. The molecule has 1 atom stereocenters. The second-order valence-electron chi connectivity index (χ2n) is 7.06. The largest absolute Gasteiger partial charge is 0.497 e. The molecule has 2 fully saturated rings. The van der Waals surface area contributed by atoms with Gasteiger partial charge in [-0.1, -0.05) is 12.8 Å². The van der Waals surface area contributed by atoms with E-state index in [4.69, 9.17) is 4.74 Å². The summed E-state index contributed by atoms with van der Waals surface area (Å²) in [4.78, 5) is 29.5. The number of benzene rings is 1. The predicted molar refractivity (Wildman–Crippen MR) is 96.7 cm³/mol. The molecular weight excluding hydrogens is 316 g/mol. The molecule has 2 saturated heterocycles. The predicted octanol–water partition coefficient (Wildman–Crippen LogP) is 2.95. The third-order valence-corrected chi connectivity index (χ3v) is 5.31. The molecule has 0 aliphatic carbocycles. The molecule has 0 unspecified atom stereocenters. The van der Waals surface area contributed by atoms with Crippen molar-refractivity contribution >= 4 is 11.8 Å². The Labute approximate surface area is 149 Å². The van der Waals surface area contributed by atoms with E-state index >= 15 is 0 Å². The maximum absolute atomic E-state index is 12.9. The standard InChI is InChI=1S/C20H28N2O3/c1-25-18-10-8-16(9-11-18)19(23)22-14-6-7-17(15-22)20(24)21-12-4-2-3-5-13-21/h8-11,17H,2-7,12-15H2,1H3/t17-/m1/s1. The van der Waals surface area contributed by atoms with Crippen molar-refractivity contribution in [1.29, 1.82) is 0 Å². The van der Waals surface area contributed by atoms with Gasteiger partial charge in [0.2, 0.25) is 5.91 Å². The number of ether oxygens (including phenoxy) is 1. The smallest absolute Gasteiger partial charge is 0.253 e. The van der Waals surface area contributed by atoms with Crippen LogP contribution in [0.25, 0.3) is 0 Å². The van der Waals surface area contributed by atoms with E-state index in [0.29, 0.717) is 12.1 Å². The van der Waals surface area contributed by atoms with Crippen LogP contribution >= 0.6 is 0 Å². The topological polar surface area (TPSA) is 49.9 Å². The van der Waals surface area contributed by atoms with Crippen molar-refractivity contribution in [2.24, 2.45) is 5.92 Å². The summed E-state index contributed by atoms with van der Waals surface area (Å²) in [5, 5.41) is 0. The summed E-state index contributed by atoms with van der Waals surface area (Å²) in [6.07, 6.45) is 6.43. The molecule has 1 aromatic rings. The number of amides is 2. The average Bonchev–Trinajstić information content (AvgIpc) is 2.96. The van der Waals surface area contributed by atoms with Crippen molar-refractivity contribution in [2.75, 3.05) is 33.3 Å². The van der Waals surface area contributed by atoms with Gasteiger partial charge in [0, 0.05) is 31.7 Å². The highest BCUT2D eigenvalue weighted by atomic mass is 16.5. The fourth-order valence-electron chi connectivity index (χ4n) is 3.83. The molecule has 5 heteroatoms. The van der Waals surface area contributed by atoms with Crippen LogP contribution in [0.5, 0.6) is 5.75 Å². The normalized spacial score (nSPS) is 21.6. The highest BCUT2D eigenvalue weighted by molar-refractivity contribution is 5.94. The highest BCUT2D eigenvalue weighted by Crippen LogP contribution is 2.23. The SMILES string of the molecule is COc1ccc(C(=O)N2CCC[C@@H](C(=O)N3CCCCCC3)C2)cc1. The molecule has 2 heterocycles. The van der Waals surface area contributed by atoms with Crippen molar-refractivity contribution in [1.82, 2.24) is 9.80 Å². The van der Waals surface area contributed by atoms with Gasteiger partial charge in [-0.05, 0) is 49.9 Å². The summed E-state index contributed by atoms with van der Waals surface area (Å²) in [7, 11) is 1.61. The molecule has 2 amide bonds. The number of carbonyl (C=O) groups is 2. The first-order chi connectivity index (χ1) is 12.2. The molecule has 5 nitrogen and oxygen atoms in total. The molecule has 0 spiro atoms. The van der Waals surface area contributed by atoms with Gasteiger partial charge in [-0.3, -0.25) is 9.59 Å². The minimum atomic E-state index is -0.0472. The van der Waals surface area contributed by atoms with Crippen LogP contribution in [0.15, 0.2) is 24.3 Å². The van der Waals surface area contributed by atoms with E-state index in [0.717, 1.165) is 51.1 Å². The average molecular weight is 344 g/mol. The number of rotatable bonds is 3. The minimum Gasteiger partial charge on any atom is -0.497 e. The Morgan fingerprint density at radius 3 is 2.20 bits per heavy atom. The van der Waals surface area contributed by atoms with E-state index in [1.54, 1.807) is 31.4 Å². The lowest BCUT2D eigenvalue weighted by atomic mass is 9.95. The molecule has 2 aliphatic heterocycles. The van der Waals surface area contributed by atoms with Crippen molar-refractivity contribution in [2.45, 2.75) is 38.5 Å². The lowest BCUT2D eigenvalue weighted by Crippen LogP contribution is -2.47. The lowest BCUT2D eigenvalue weighted by Gasteiger charge is -2.35. The van der Waals surface area contributed by atoms with Crippen LogP contribution < -0.4 is 4.74 Å². The van der Waals surface area contributed by atoms with Crippen molar-refractivity contribution in [3.63, 3.8) is 0 Å². The molecule has 136 valence electrons. The zero-order valence-electron chi connectivity index (χ0n) is 15.1. The number of methoxy groups -OCH3 is 1. The van der Waals surface area contributed by atoms with E-state index in [1.807, 2.05) is 9.80 Å². The Kier molecular flexibility index (Phi) is 5.95. The molecule has 0 N–H and O–H groups in total. The van der Waals surface area contributed by atoms with Crippen molar-refractivity contribution in [3.8, 4) is 5.75 Å². The maximum atomic E-state index is 12.9. The Bertz CT molecular complexity index is 591. The fraction of sp³-hybridized carbons (Fsp3) is 0.600. The maximum Gasteiger partial charge on any atom is 0.253 e. The quantitative estimate of drug-likeness (QED) is 0.847. The van der Waals surface area contributed by atoms with Gasteiger partial charge in [-0.2, -0.15) is 0 Å². The summed E-state index contributed by atoms with van der Waals surface area (Å²) >= 11 is 0. The van der Waals surface area contributed by atoms with Crippen LogP contribution in [0.2, 0.25) is 0 Å². The number of hydrogen-bond donors (Lipinski definition) is 0.